The Bertz CT molecular complexity index is 1050. The van der Waals surface area contributed by atoms with Crippen molar-refractivity contribution in [1.29, 1.82) is 0 Å². The summed E-state index contributed by atoms with van der Waals surface area (Å²) >= 11 is 12.5. The number of piperazine rings is 1. The van der Waals surface area contributed by atoms with Gasteiger partial charge in [-0.3, -0.25) is 4.79 Å². The van der Waals surface area contributed by atoms with Crippen molar-refractivity contribution in [3.8, 4) is 0 Å². The standard InChI is InChI=1S/C20H16Cl2N2O3/c21-15-5-3-6-16(22)18(15)23-8-10-24(11-9-23)19(25)14-12-13-4-1-2-7-17(13)27-20(14)26/h1-7,12H,8-11H2. The second-order valence-corrected chi connectivity index (χ2v) is 7.15. The summed E-state index contributed by atoms with van der Waals surface area (Å²) in [6.07, 6.45) is 0. The van der Waals surface area contributed by atoms with Gasteiger partial charge in [0, 0.05) is 31.6 Å². The minimum atomic E-state index is -0.615. The zero-order valence-electron chi connectivity index (χ0n) is 14.3. The maximum Gasteiger partial charge on any atom is 0.349 e. The van der Waals surface area contributed by atoms with E-state index in [0.717, 1.165) is 11.1 Å². The van der Waals surface area contributed by atoms with Gasteiger partial charge in [-0.15, -0.1) is 0 Å². The predicted octanol–water partition coefficient (Wildman–Crippen LogP) is 4.06. The lowest BCUT2D eigenvalue weighted by atomic mass is 10.1. The van der Waals surface area contributed by atoms with E-state index >= 15 is 0 Å². The Labute approximate surface area is 165 Å². The quantitative estimate of drug-likeness (QED) is 0.606. The minimum absolute atomic E-state index is 0.0536. The molecule has 2 heterocycles. The molecule has 0 unspecified atom stereocenters. The van der Waals surface area contributed by atoms with Gasteiger partial charge in [-0.1, -0.05) is 47.5 Å². The van der Waals surface area contributed by atoms with E-state index in [0.29, 0.717) is 41.8 Å². The van der Waals surface area contributed by atoms with Crippen LogP contribution in [0.5, 0.6) is 0 Å². The molecule has 7 heteroatoms. The Morgan fingerprint density at radius 2 is 1.59 bits per heavy atom. The van der Waals surface area contributed by atoms with Crippen LogP contribution in [0.1, 0.15) is 10.4 Å². The van der Waals surface area contributed by atoms with Crippen molar-refractivity contribution in [2.45, 2.75) is 0 Å². The first kappa shape index (κ1) is 17.9. The number of carbonyl (C=O) groups excluding carboxylic acids is 1. The smallest absolute Gasteiger partial charge is 0.349 e. The molecule has 0 saturated carbocycles. The molecule has 0 bridgehead atoms. The molecule has 0 aliphatic carbocycles. The summed E-state index contributed by atoms with van der Waals surface area (Å²) < 4.78 is 5.28. The van der Waals surface area contributed by atoms with Crippen LogP contribution in [0.25, 0.3) is 11.0 Å². The highest BCUT2D eigenvalue weighted by Crippen LogP contribution is 2.34. The molecule has 0 N–H and O–H groups in total. The normalized spacial score (nSPS) is 14.6. The van der Waals surface area contributed by atoms with Crippen molar-refractivity contribution in [1.82, 2.24) is 4.90 Å². The lowest BCUT2D eigenvalue weighted by molar-refractivity contribution is 0.0742. The molecule has 0 atom stereocenters. The Balaban J connectivity index is 1.54. The molecule has 27 heavy (non-hydrogen) atoms. The number of halogens is 2. The van der Waals surface area contributed by atoms with Crippen LogP contribution in [-0.4, -0.2) is 37.0 Å². The van der Waals surface area contributed by atoms with Crippen LogP contribution in [0.15, 0.2) is 57.7 Å². The molecule has 5 nitrogen and oxygen atoms in total. The Morgan fingerprint density at radius 1 is 0.926 bits per heavy atom. The topological polar surface area (TPSA) is 53.8 Å². The monoisotopic (exact) mass is 402 g/mol. The van der Waals surface area contributed by atoms with Crippen LogP contribution in [0.4, 0.5) is 5.69 Å². The maximum absolute atomic E-state index is 12.8. The molecule has 4 rings (SSSR count). The fourth-order valence-corrected chi connectivity index (χ4v) is 3.94. The molecule has 1 aliphatic rings. The first-order chi connectivity index (χ1) is 13.0. The van der Waals surface area contributed by atoms with E-state index in [4.69, 9.17) is 27.6 Å². The van der Waals surface area contributed by atoms with E-state index in [1.54, 1.807) is 41.3 Å². The number of amides is 1. The van der Waals surface area contributed by atoms with E-state index in [-0.39, 0.29) is 11.5 Å². The second-order valence-electron chi connectivity index (χ2n) is 6.33. The number of anilines is 1. The molecular formula is C20H16Cl2N2O3. The SMILES string of the molecule is O=C(c1cc2ccccc2oc1=O)N1CCN(c2c(Cl)cccc2Cl)CC1. The zero-order chi connectivity index (χ0) is 19.0. The van der Waals surface area contributed by atoms with Crippen LogP contribution in [-0.2, 0) is 0 Å². The second kappa shape index (κ2) is 7.25. The van der Waals surface area contributed by atoms with Gasteiger partial charge in [0.1, 0.15) is 11.1 Å². The number of hydrogen-bond donors (Lipinski definition) is 0. The molecule has 1 aromatic heterocycles. The molecule has 1 fully saturated rings. The van der Waals surface area contributed by atoms with Crippen LogP contribution in [0.3, 0.4) is 0 Å². The van der Waals surface area contributed by atoms with Crippen LogP contribution >= 0.6 is 23.2 Å². The third kappa shape index (κ3) is 3.40. The highest BCUT2D eigenvalue weighted by atomic mass is 35.5. The van der Waals surface area contributed by atoms with E-state index in [1.807, 2.05) is 12.1 Å². The Kier molecular flexibility index (Phi) is 4.81. The molecule has 1 saturated heterocycles. The summed E-state index contributed by atoms with van der Waals surface area (Å²) in [4.78, 5) is 28.8. The third-order valence-electron chi connectivity index (χ3n) is 4.69. The van der Waals surface area contributed by atoms with Gasteiger partial charge in [-0.2, -0.15) is 0 Å². The number of rotatable bonds is 2. The molecule has 138 valence electrons. The van der Waals surface area contributed by atoms with Crippen LogP contribution in [0.2, 0.25) is 10.0 Å². The highest BCUT2D eigenvalue weighted by Gasteiger charge is 2.26. The summed E-state index contributed by atoms with van der Waals surface area (Å²) in [6, 6.07) is 14.1. The number of hydrogen-bond acceptors (Lipinski definition) is 4. The fraction of sp³-hybridized carbons (Fsp3) is 0.200. The Morgan fingerprint density at radius 3 is 2.30 bits per heavy atom. The van der Waals surface area contributed by atoms with Crippen LogP contribution < -0.4 is 10.5 Å². The van der Waals surface area contributed by atoms with Crippen molar-refractivity contribution in [2.75, 3.05) is 31.1 Å². The maximum atomic E-state index is 12.8. The number of carbonyl (C=O) groups is 1. The summed E-state index contributed by atoms with van der Waals surface area (Å²) in [7, 11) is 0. The average molecular weight is 403 g/mol. The lowest BCUT2D eigenvalue weighted by Crippen LogP contribution is -2.49. The first-order valence-electron chi connectivity index (χ1n) is 8.56. The molecule has 0 spiro atoms. The van der Waals surface area contributed by atoms with Crippen molar-refractivity contribution >= 4 is 45.8 Å². The predicted molar refractivity (Wildman–Crippen MR) is 107 cm³/mol. The number of para-hydroxylation sites is 2. The minimum Gasteiger partial charge on any atom is -0.422 e. The van der Waals surface area contributed by atoms with Gasteiger partial charge in [-0.05, 0) is 24.3 Å². The van der Waals surface area contributed by atoms with E-state index in [2.05, 4.69) is 4.90 Å². The molecule has 1 amide bonds. The van der Waals surface area contributed by atoms with Gasteiger partial charge in [0.15, 0.2) is 0 Å². The number of benzene rings is 2. The van der Waals surface area contributed by atoms with Gasteiger partial charge in [0.25, 0.3) is 5.91 Å². The third-order valence-corrected chi connectivity index (χ3v) is 5.30. The van der Waals surface area contributed by atoms with E-state index < -0.39 is 5.63 Å². The van der Waals surface area contributed by atoms with Gasteiger partial charge < -0.3 is 14.2 Å². The van der Waals surface area contributed by atoms with Crippen molar-refractivity contribution in [3.63, 3.8) is 0 Å². The summed E-state index contributed by atoms with van der Waals surface area (Å²) in [6.45, 7) is 2.08. The zero-order valence-corrected chi connectivity index (χ0v) is 15.8. The van der Waals surface area contributed by atoms with Crippen molar-refractivity contribution in [2.24, 2.45) is 0 Å². The molecule has 0 radical (unpaired) electrons. The van der Waals surface area contributed by atoms with Gasteiger partial charge in [-0.25, -0.2) is 4.79 Å². The molecule has 1 aliphatic heterocycles. The Hall–Kier alpha value is -2.50. The average Bonchev–Trinajstić information content (AvgIpc) is 2.67. The fourth-order valence-electron chi connectivity index (χ4n) is 3.31. The lowest BCUT2D eigenvalue weighted by Gasteiger charge is -2.36. The summed E-state index contributed by atoms with van der Waals surface area (Å²) in [5, 5.41) is 1.89. The largest absolute Gasteiger partial charge is 0.422 e. The van der Waals surface area contributed by atoms with Crippen LogP contribution in [0, 0.1) is 0 Å². The number of nitrogens with zero attached hydrogens (tertiary/aromatic N) is 2. The first-order valence-corrected chi connectivity index (χ1v) is 9.31. The summed E-state index contributed by atoms with van der Waals surface area (Å²) in [5.41, 5.74) is 0.684. The molecule has 3 aromatic rings. The van der Waals surface area contributed by atoms with Gasteiger partial charge >= 0.3 is 5.63 Å². The summed E-state index contributed by atoms with van der Waals surface area (Å²) in [5.74, 6) is -0.320. The number of fused-ring (bicyclic) bond motifs is 1. The van der Waals surface area contributed by atoms with Crippen molar-refractivity contribution in [3.05, 3.63) is 74.6 Å². The van der Waals surface area contributed by atoms with E-state index in [9.17, 15) is 9.59 Å². The van der Waals surface area contributed by atoms with Gasteiger partial charge in [0.05, 0.1) is 15.7 Å². The van der Waals surface area contributed by atoms with Crippen molar-refractivity contribution < 1.29 is 9.21 Å². The highest BCUT2D eigenvalue weighted by molar-refractivity contribution is 6.39. The van der Waals surface area contributed by atoms with E-state index in [1.165, 1.54) is 0 Å². The molecule has 2 aromatic carbocycles. The molecular weight excluding hydrogens is 387 g/mol. The van der Waals surface area contributed by atoms with Gasteiger partial charge in [0.2, 0.25) is 0 Å².